The number of hydrogen-bond donors (Lipinski definition) is 1. The SMILES string of the molecule is O=C(O)c1ncccc1Oc1cc(F)c(Cl)cc1Br. The molecule has 0 radical (unpaired) electrons. The summed E-state index contributed by atoms with van der Waals surface area (Å²) in [6.45, 7) is 0. The summed E-state index contributed by atoms with van der Waals surface area (Å²) in [5.41, 5.74) is -0.259. The highest BCUT2D eigenvalue weighted by atomic mass is 79.9. The molecular formula is C12H6BrClFNO3. The zero-order chi connectivity index (χ0) is 14.0. The van der Waals surface area contributed by atoms with Gasteiger partial charge in [0.1, 0.15) is 11.6 Å². The van der Waals surface area contributed by atoms with Gasteiger partial charge in [-0.15, -0.1) is 0 Å². The second kappa shape index (κ2) is 5.54. The van der Waals surface area contributed by atoms with Crippen LogP contribution in [-0.4, -0.2) is 16.1 Å². The first-order chi connectivity index (χ1) is 8.99. The minimum absolute atomic E-state index is 0.0115. The van der Waals surface area contributed by atoms with E-state index in [0.717, 1.165) is 6.07 Å². The average Bonchev–Trinajstić information content (AvgIpc) is 2.36. The van der Waals surface area contributed by atoms with E-state index in [0.29, 0.717) is 4.47 Å². The number of ether oxygens (including phenoxy) is 1. The van der Waals surface area contributed by atoms with E-state index in [9.17, 15) is 9.18 Å². The zero-order valence-corrected chi connectivity index (χ0v) is 11.6. The number of pyridine rings is 1. The highest BCUT2D eigenvalue weighted by Crippen LogP contribution is 2.34. The van der Waals surface area contributed by atoms with Crippen molar-refractivity contribution >= 4 is 33.5 Å². The largest absolute Gasteiger partial charge is 0.476 e. The van der Waals surface area contributed by atoms with Gasteiger partial charge in [-0.3, -0.25) is 0 Å². The Morgan fingerprint density at radius 2 is 2.16 bits per heavy atom. The van der Waals surface area contributed by atoms with E-state index in [1.807, 2.05) is 0 Å². The van der Waals surface area contributed by atoms with Crippen molar-refractivity contribution in [1.29, 1.82) is 0 Å². The van der Waals surface area contributed by atoms with Crippen LogP contribution in [0.15, 0.2) is 34.9 Å². The molecule has 2 rings (SSSR count). The number of aromatic carboxylic acids is 1. The standard InChI is InChI=1S/C12H6BrClFNO3/c13-6-4-7(14)8(15)5-10(6)19-9-2-1-3-16-11(9)12(17)18/h1-5H,(H,17,18). The Bertz CT molecular complexity index is 651. The molecule has 0 bridgehead atoms. The van der Waals surface area contributed by atoms with Crippen LogP contribution in [0.25, 0.3) is 0 Å². The highest BCUT2D eigenvalue weighted by molar-refractivity contribution is 9.10. The average molecular weight is 347 g/mol. The molecule has 2 aromatic rings. The lowest BCUT2D eigenvalue weighted by Crippen LogP contribution is -2.03. The molecule has 4 nitrogen and oxygen atoms in total. The van der Waals surface area contributed by atoms with E-state index in [2.05, 4.69) is 20.9 Å². The van der Waals surface area contributed by atoms with E-state index < -0.39 is 11.8 Å². The molecule has 0 aliphatic heterocycles. The maximum Gasteiger partial charge on any atom is 0.358 e. The van der Waals surface area contributed by atoms with Crippen molar-refractivity contribution in [2.45, 2.75) is 0 Å². The first-order valence-electron chi connectivity index (χ1n) is 4.99. The second-order valence-electron chi connectivity index (χ2n) is 3.45. The van der Waals surface area contributed by atoms with E-state index in [-0.39, 0.29) is 22.2 Å². The molecule has 0 amide bonds. The van der Waals surface area contributed by atoms with Gasteiger partial charge in [-0.1, -0.05) is 11.6 Å². The molecule has 0 aliphatic rings. The van der Waals surface area contributed by atoms with Gasteiger partial charge in [0, 0.05) is 12.3 Å². The Balaban J connectivity index is 2.42. The van der Waals surface area contributed by atoms with Gasteiger partial charge < -0.3 is 9.84 Å². The van der Waals surface area contributed by atoms with Crippen molar-refractivity contribution < 1.29 is 19.0 Å². The van der Waals surface area contributed by atoms with E-state index in [1.54, 1.807) is 0 Å². The van der Waals surface area contributed by atoms with Crippen LogP contribution in [0.3, 0.4) is 0 Å². The lowest BCUT2D eigenvalue weighted by molar-refractivity contribution is 0.0687. The van der Waals surface area contributed by atoms with Gasteiger partial charge in [-0.2, -0.15) is 0 Å². The molecule has 1 heterocycles. The first-order valence-corrected chi connectivity index (χ1v) is 6.17. The summed E-state index contributed by atoms with van der Waals surface area (Å²) in [7, 11) is 0. The van der Waals surface area contributed by atoms with Gasteiger partial charge in [0.2, 0.25) is 0 Å². The Kier molecular flexibility index (Phi) is 4.01. The van der Waals surface area contributed by atoms with Crippen LogP contribution in [0.4, 0.5) is 4.39 Å². The molecule has 19 heavy (non-hydrogen) atoms. The molecular weight excluding hydrogens is 340 g/mol. The van der Waals surface area contributed by atoms with Crippen molar-refractivity contribution in [1.82, 2.24) is 4.98 Å². The third-order valence-corrected chi connectivity index (χ3v) is 3.08. The van der Waals surface area contributed by atoms with E-state index >= 15 is 0 Å². The number of benzene rings is 1. The van der Waals surface area contributed by atoms with Crippen LogP contribution in [0.5, 0.6) is 11.5 Å². The number of carboxylic acids is 1. The Labute approximate surface area is 120 Å². The number of rotatable bonds is 3. The number of halogens is 3. The highest BCUT2D eigenvalue weighted by Gasteiger charge is 2.15. The normalized spacial score (nSPS) is 10.3. The Hall–Kier alpha value is -1.66. The van der Waals surface area contributed by atoms with Gasteiger partial charge in [0.05, 0.1) is 9.50 Å². The van der Waals surface area contributed by atoms with Crippen molar-refractivity contribution in [3.63, 3.8) is 0 Å². The summed E-state index contributed by atoms with van der Waals surface area (Å²) in [5.74, 6) is -1.78. The summed E-state index contributed by atoms with van der Waals surface area (Å²) < 4.78 is 19.1. The van der Waals surface area contributed by atoms with Crippen molar-refractivity contribution in [2.24, 2.45) is 0 Å². The first kappa shape index (κ1) is 13.8. The smallest absolute Gasteiger partial charge is 0.358 e. The molecule has 7 heteroatoms. The summed E-state index contributed by atoms with van der Waals surface area (Å²) in [6.07, 6.45) is 1.33. The predicted octanol–water partition coefficient (Wildman–Crippen LogP) is 4.13. The van der Waals surface area contributed by atoms with Gasteiger partial charge in [-0.25, -0.2) is 14.2 Å². The van der Waals surface area contributed by atoms with E-state index in [1.165, 1.54) is 24.4 Å². The van der Waals surface area contributed by atoms with Crippen molar-refractivity contribution in [3.8, 4) is 11.5 Å². The molecule has 1 aromatic carbocycles. The minimum atomic E-state index is -1.24. The molecule has 0 saturated carbocycles. The van der Waals surface area contributed by atoms with Gasteiger partial charge in [0.15, 0.2) is 11.4 Å². The van der Waals surface area contributed by atoms with Crippen molar-refractivity contribution in [2.75, 3.05) is 0 Å². The van der Waals surface area contributed by atoms with Crippen LogP contribution in [-0.2, 0) is 0 Å². The lowest BCUT2D eigenvalue weighted by atomic mass is 10.3. The molecule has 1 N–H and O–H groups in total. The Morgan fingerprint density at radius 1 is 1.42 bits per heavy atom. The number of carboxylic acid groups (broad SMARTS) is 1. The van der Waals surface area contributed by atoms with Crippen LogP contribution in [0, 0.1) is 5.82 Å². The van der Waals surface area contributed by atoms with Crippen LogP contribution in [0.1, 0.15) is 10.5 Å². The summed E-state index contributed by atoms with van der Waals surface area (Å²) in [4.78, 5) is 14.7. The molecule has 0 fully saturated rings. The topological polar surface area (TPSA) is 59.4 Å². The van der Waals surface area contributed by atoms with Crippen molar-refractivity contribution in [3.05, 3.63) is 51.5 Å². The molecule has 0 spiro atoms. The number of aromatic nitrogens is 1. The third-order valence-electron chi connectivity index (χ3n) is 2.17. The second-order valence-corrected chi connectivity index (χ2v) is 4.72. The number of carbonyl (C=O) groups is 1. The van der Waals surface area contributed by atoms with Gasteiger partial charge >= 0.3 is 5.97 Å². The molecule has 98 valence electrons. The Morgan fingerprint density at radius 3 is 2.84 bits per heavy atom. The molecule has 0 atom stereocenters. The number of nitrogens with zero attached hydrogens (tertiary/aromatic N) is 1. The fraction of sp³-hybridized carbons (Fsp3) is 0. The quantitative estimate of drug-likeness (QED) is 0.849. The van der Waals surface area contributed by atoms with Crippen LogP contribution in [0.2, 0.25) is 5.02 Å². The molecule has 0 aliphatic carbocycles. The van der Waals surface area contributed by atoms with Gasteiger partial charge in [-0.05, 0) is 34.1 Å². The summed E-state index contributed by atoms with van der Waals surface area (Å²) in [5, 5.41) is 8.90. The molecule has 0 unspecified atom stereocenters. The predicted molar refractivity (Wildman–Crippen MR) is 70.4 cm³/mol. The summed E-state index contributed by atoms with van der Waals surface area (Å²) >= 11 is 8.76. The lowest BCUT2D eigenvalue weighted by Gasteiger charge is -2.10. The maximum atomic E-state index is 13.4. The fourth-order valence-electron chi connectivity index (χ4n) is 1.33. The molecule has 1 aromatic heterocycles. The summed E-state index contributed by atoms with van der Waals surface area (Å²) in [6, 6.07) is 5.32. The van der Waals surface area contributed by atoms with E-state index in [4.69, 9.17) is 21.4 Å². The van der Waals surface area contributed by atoms with Crippen LogP contribution >= 0.6 is 27.5 Å². The minimum Gasteiger partial charge on any atom is -0.476 e. The van der Waals surface area contributed by atoms with Crippen LogP contribution < -0.4 is 4.74 Å². The third kappa shape index (κ3) is 3.02. The monoisotopic (exact) mass is 345 g/mol. The number of hydrogen-bond acceptors (Lipinski definition) is 3. The molecule has 0 saturated heterocycles. The fourth-order valence-corrected chi connectivity index (χ4v) is 2.05. The zero-order valence-electron chi connectivity index (χ0n) is 9.23. The van der Waals surface area contributed by atoms with Gasteiger partial charge in [0.25, 0.3) is 0 Å². The maximum absolute atomic E-state index is 13.4.